The van der Waals surface area contributed by atoms with Crippen molar-refractivity contribution < 1.29 is 19.1 Å². The number of nitrogens with one attached hydrogen (secondary N) is 1. The molecule has 1 heterocycles. The van der Waals surface area contributed by atoms with E-state index in [1.54, 1.807) is 31.2 Å². The lowest BCUT2D eigenvalue weighted by atomic mass is 10.3. The number of hydrogen-bond donors (Lipinski definition) is 1. The summed E-state index contributed by atoms with van der Waals surface area (Å²) >= 11 is 15.1. The van der Waals surface area contributed by atoms with Crippen molar-refractivity contribution in [3.05, 3.63) is 50.5 Å². The topological polar surface area (TPSA) is 77.5 Å². The Morgan fingerprint density at radius 1 is 1.16 bits per heavy atom. The van der Waals surface area contributed by atoms with Gasteiger partial charge in [0.15, 0.2) is 19.0 Å². The van der Waals surface area contributed by atoms with Crippen LogP contribution in [0.25, 0.3) is 0 Å². The van der Waals surface area contributed by atoms with E-state index in [2.05, 4.69) is 26.2 Å². The Morgan fingerprint density at radius 3 is 2.52 bits per heavy atom. The molecule has 0 aliphatic heterocycles. The molecule has 1 amide bonds. The van der Waals surface area contributed by atoms with Crippen LogP contribution in [0.2, 0.25) is 10.0 Å². The molecule has 1 N–H and O–H groups in total. The van der Waals surface area contributed by atoms with Crippen molar-refractivity contribution in [1.82, 2.24) is 4.98 Å². The van der Waals surface area contributed by atoms with Gasteiger partial charge >= 0.3 is 5.97 Å². The average Bonchev–Trinajstić information content (AvgIpc) is 2.57. The maximum Gasteiger partial charge on any atom is 0.344 e. The quantitative estimate of drug-likeness (QED) is 0.676. The molecule has 25 heavy (non-hydrogen) atoms. The third-order valence-corrected chi connectivity index (χ3v) is 4.10. The Labute approximate surface area is 162 Å². The smallest absolute Gasteiger partial charge is 0.344 e. The normalized spacial score (nSPS) is 10.2. The van der Waals surface area contributed by atoms with E-state index in [4.69, 9.17) is 32.7 Å². The van der Waals surface area contributed by atoms with Crippen LogP contribution in [0.15, 0.2) is 34.8 Å². The summed E-state index contributed by atoms with van der Waals surface area (Å²) < 4.78 is 11.0. The zero-order chi connectivity index (χ0) is 18.4. The Kier molecular flexibility index (Phi) is 7.04. The number of rotatable bonds is 6. The number of esters is 1. The van der Waals surface area contributed by atoms with E-state index in [0.717, 1.165) is 4.47 Å². The summed E-state index contributed by atoms with van der Waals surface area (Å²) in [6, 6.07) is 8.41. The van der Waals surface area contributed by atoms with Gasteiger partial charge in [0.1, 0.15) is 5.75 Å². The molecular formula is C16H13BrCl2N2O4. The molecule has 2 rings (SSSR count). The fourth-order valence-corrected chi connectivity index (χ4v) is 2.35. The zero-order valence-corrected chi connectivity index (χ0v) is 16.1. The highest BCUT2D eigenvalue weighted by atomic mass is 79.9. The summed E-state index contributed by atoms with van der Waals surface area (Å²) in [7, 11) is 0. The lowest BCUT2D eigenvalue weighted by molar-refractivity contribution is -0.149. The van der Waals surface area contributed by atoms with Crippen LogP contribution < -0.4 is 10.1 Å². The second-order valence-electron chi connectivity index (χ2n) is 4.84. The van der Waals surface area contributed by atoms with Gasteiger partial charge in [-0.2, -0.15) is 0 Å². The van der Waals surface area contributed by atoms with Gasteiger partial charge in [-0.05, 0) is 37.3 Å². The molecule has 2 aromatic rings. The van der Waals surface area contributed by atoms with E-state index >= 15 is 0 Å². The first kappa shape index (κ1) is 19.5. The molecule has 0 saturated carbocycles. The molecule has 9 heteroatoms. The number of carbonyl (C=O) groups is 2. The molecule has 0 radical (unpaired) electrons. The number of aromatic nitrogens is 1. The van der Waals surface area contributed by atoms with Crippen LogP contribution in [0, 0.1) is 6.92 Å². The second-order valence-corrected chi connectivity index (χ2v) is 6.57. The SMILES string of the molecule is Cc1nc(NC(=O)COC(=O)COc2ccc(Br)cc2)c(Cl)cc1Cl. The van der Waals surface area contributed by atoms with Crippen molar-refractivity contribution in [2.75, 3.05) is 18.5 Å². The fraction of sp³-hybridized carbons (Fsp3) is 0.188. The van der Waals surface area contributed by atoms with E-state index in [9.17, 15) is 9.59 Å². The Balaban J connectivity index is 1.78. The van der Waals surface area contributed by atoms with E-state index in [-0.39, 0.29) is 17.4 Å². The molecule has 0 aliphatic carbocycles. The summed E-state index contributed by atoms with van der Waals surface area (Å²) in [5.74, 6) is -0.592. The first-order chi connectivity index (χ1) is 11.8. The molecule has 6 nitrogen and oxygen atoms in total. The van der Waals surface area contributed by atoms with E-state index < -0.39 is 18.5 Å². The van der Waals surface area contributed by atoms with Crippen LogP contribution in [0.4, 0.5) is 5.82 Å². The van der Waals surface area contributed by atoms with Gasteiger partial charge in [0.05, 0.1) is 15.7 Å². The first-order valence-electron chi connectivity index (χ1n) is 7.01. The maximum absolute atomic E-state index is 11.8. The monoisotopic (exact) mass is 446 g/mol. The van der Waals surface area contributed by atoms with E-state index in [1.807, 2.05) is 0 Å². The predicted octanol–water partition coefficient (Wildman–Crippen LogP) is 4.02. The highest BCUT2D eigenvalue weighted by Crippen LogP contribution is 2.25. The van der Waals surface area contributed by atoms with Crippen molar-refractivity contribution in [3.63, 3.8) is 0 Å². The Morgan fingerprint density at radius 2 is 1.84 bits per heavy atom. The number of halogens is 3. The zero-order valence-electron chi connectivity index (χ0n) is 13.0. The molecule has 0 fully saturated rings. The molecule has 1 aromatic heterocycles. The van der Waals surface area contributed by atoms with Gasteiger partial charge in [-0.25, -0.2) is 9.78 Å². The predicted molar refractivity (Wildman–Crippen MR) is 98.2 cm³/mol. The van der Waals surface area contributed by atoms with Crippen LogP contribution in [0.5, 0.6) is 5.75 Å². The van der Waals surface area contributed by atoms with Crippen molar-refractivity contribution in [2.24, 2.45) is 0 Å². The molecule has 0 unspecified atom stereocenters. The maximum atomic E-state index is 11.8. The van der Waals surface area contributed by atoms with Crippen LogP contribution in [-0.4, -0.2) is 30.1 Å². The van der Waals surface area contributed by atoms with Crippen molar-refractivity contribution >= 4 is 56.8 Å². The minimum Gasteiger partial charge on any atom is -0.482 e. The summed E-state index contributed by atoms with van der Waals surface area (Å²) in [5, 5.41) is 3.03. The van der Waals surface area contributed by atoms with Gasteiger partial charge in [0.25, 0.3) is 5.91 Å². The standard InChI is InChI=1S/C16H13BrCl2N2O4/c1-9-12(18)6-13(19)16(20-9)21-14(22)7-25-15(23)8-24-11-4-2-10(17)3-5-11/h2-6H,7-8H2,1H3,(H,20,21,22). The third kappa shape index (κ3) is 6.19. The first-order valence-corrected chi connectivity index (χ1v) is 8.56. The number of carbonyl (C=O) groups excluding carboxylic acids is 2. The van der Waals surface area contributed by atoms with Gasteiger partial charge in [-0.1, -0.05) is 39.1 Å². The van der Waals surface area contributed by atoms with Crippen LogP contribution in [0.1, 0.15) is 5.69 Å². The number of pyridine rings is 1. The largest absolute Gasteiger partial charge is 0.482 e. The summed E-state index contributed by atoms with van der Waals surface area (Å²) in [5.41, 5.74) is 0.515. The Hall–Kier alpha value is -1.83. The molecule has 0 atom stereocenters. The minimum atomic E-state index is -0.676. The number of aryl methyl sites for hydroxylation is 1. The van der Waals surface area contributed by atoms with E-state index in [0.29, 0.717) is 16.5 Å². The van der Waals surface area contributed by atoms with Crippen molar-refractivity contribution in [2.45, 2.75) is 6.92 Å². The van der Waals surface area contributed by atoms with E-state index in [1.165, 1.54) is 6.07 Å². The van der Waals surface area contributed by atoms with Gasteiger partial charge in [0, 0.05) is 4.47 Å². The molecule has 0 spiro atoms. The number of hydrogen-bond acceptors (Lipinski definition) is 5. The fourth-order valence-electron chi connectivity index (χ4n) is 1.68. The van der Waals surface area contributed by atoms with Gasteiger partial charge < -0.3 is 14.8 Å². The summed E-state index contributed by atoms with van der Waals surface area (Å²) in [4.78, 5) is 27.5. The highest BCUT2D eigenvalue weighted by Gasteiger charge is 2.12. The van der Waals surface area contributed by atoms with Crippen LogP contribution >= 0.6 is 39.1 Å². The lowest BCUT2D eigenvalue weighted by Crippen LogP contribution is -2.24. The van der Waals surface area contributed by atoms with Gasteiger partial charge in [-0.3, -0.25) is 4.79 Å². The highest BCUT2D eigenvalue weighted by molar-refractivity contribution is 9.10. The molecule has 132 valence electrons. The number of amides is 1. The number of anilines is 1. The van der Waals surface area contributed by atoms with Crippen LogP contribution in [-0.2, 0) is 14.3 Å². The molecule has 1 aromatic carbocycles. The summed E-state index contributed by atoms with van der Waals surface area (Å²) in [6.45, 7) is 0.879. The lowest BCUT2D eigenvalue weighted by Gasteiger charge is -2.09. The Bertz CT molecular complexity index is 784. The molecular weight excluding hydrogens is 435 g/mol. The van der Waals surface area contributed by atoms with Crippen LogP contribution in [0.3, 0.4) is 0 Å². The van der Waals surface area contributed by atoms with Gasteiger partial charge in [-0.15, -0.1) is 0 Å². The second kappa shape index (κ2) is 9.03. The third-order valence-electron chi connectivity index (χ3n) is 2.90. The van der Waals surface area contributed by atoms with Crippen molar-refractivity contribution in [1.29, 1.82) is 0 Å². The van der Waals surface area contributed by atoms with Crippen molar-refractivity contribution in [3.8, 4) is 5.75 Å². The molecule has 0 bridgehead atoms. The average molecular weight is 448 g/mol. The molecule has 0 saturated heterocycles. The minimum absolute atomic E-state index is 0.149. The number of ether oxygens (including phenoxy) is 2. The van der Waals surface area contributed by atoms with Gasteiger partial charge in [0.2, 0.25) is 0 Å². The number of benzene rings is 1. The molecule has 0 aliphatic rings. The summed E-state index contributed by atoms with van der Waals surface area (Å²) in [6.07, 6.45) is 0. The number of nitrogens with zero attached hydrogens (tertiary/aromatic N) is 1.